The number of benzene rings is 1. The lowest BCUT2D eigenvalue weighted by Gasteiger charge is -2.38. The number of amides is 2. The number of fused-ring (bicyclic) bond motifs is 3. The molecular weight excluding hydrogens is 442 g/mol. The molecule has 7 nitrogen and oxygen atoms in total. The lowest BCUT2D eigenvalue weighted by atomic mass is 9.72. The van der Waals surface area contributed by atoms with Crippen molar-refractivity contribution in [1.82, 2.24) is 14.5 Å². The Labute approximate surface area is 206 Å². The van der Waals surface area contributed by atoms with Crippen molar-refractivity contribution in [2.24, 2.45) is 11.3 Å². The SMILES string of the molecule is CC(C)(C)C1CCN(C(=O)O)C(=O)C1=Cc1ncn2c1CCc1cc(OC3CCCCC3)ccc1-2. The molecule has 35 heavy (non-hydrogen) atoms. The lowest BCUT2D eigenvalue weighted by Crippen LogP contribution is -2.46. The van der Waals surface area contributed by atoms with Gasteiger partial charge in [0.05, 0.1) is 23.2 Å². The minimum absolute atomic E-state index is 0.0293. The van der Waals surface area contributed by atoms with Gasteiger partial charge in [-0.1, -0.05) is 27.2 Å². The molecule has 0 spiro atoms. The summed E-state index contributed by atoms with van der Waals surface area (Å²) < 4.78 is 8.38. The first-order chi connectivity index (χ1) is 16.7. The summed E-state index contributed by atoms with van der Waals surface area (Å²) in [6.45, 7) is 6.52. The van der Waals surface area contributed by atoms with Gasteiger partial charge in [0.2, 0.25) is 0 Å². The van der Waals surface area contributed by atoms with Gasteiger partial charge in [0.15, 0.2) is 0 Å². The largest absolute Gasteiger partial charge is 0.490 e. The molecule has 1 aromatic carbocycles. The highest BCUT2D eigenvalue weighted by Gasteiger charge is 2.40. The fourth-order valence-corrected chi connectivity index (χ4v) is 5.87. The van der Waals surface area contributed by atoms with Crippen LogP contribution in [0.3, 0.4) is 0 Å². The summed E-state index contributed by atoms with van der Waals surface area (Å²) in [6, 6.07) is 6.31. The fraction of sp³-hybridized carbons (Fsp3) is 0.536. The van der Waals surface area contributed by atoms with Crippen LogP contribution in [0.4, 0.5) is 4.79 Å². The fourth-order valence-electron chi connectivity index (χ4n) is 5.87. The van der Waals surface area contributed by atoms with Crippen molar-refractivity contribution in [2.75, 3.05) is 6.54 Å². The van der Waals surface area contributed by atoms with Crippen LogP contribution >= 0.6 is 0 Å². The summed E-state index contributed by atoms with van der Waals surface area (Å²) >= 11 is 0. The van der Waals surface area contributed by atoms with Crippen LogP contribution in [0.15, 0.2) is 30.1 Å². The van der Waals surface area contributed by atoms with Crippen molar-refractivity contribution < 1.29 is 19.4 Å². The number of carboxylic acid groups (broad SMARTS) is 1. The molecule has 1 saturated carbocycles. The van der Waals surface area contributed by atoms with E-state index in [-0.39, 0.29) is 17.9 Å². The van der Waals surface area contributed by atoms with Gasteiger partial charge in [0.25, 0.3) is 5.91 Å². The third-order valence-electron chi connectivity index (χ3n) is 7.77. The maximum atomic E-state index is 13.1. The molecule has 0 radical (unpaired) electrons. The Balaban J connectivity index is 1.45. The molecule has 1 atom stereocenters. The van der Waals surface area contributed by atoms with Crippen molar-refractivity contribution >= 4 is 18.1 Å². The Kier molecular flexibility index (Phi) is 6.20. The van der Waals surface area contributed by atoms with Crippen molar-refractivity contribution in [3.63, 3.8) is 0 Å². The van der Waals surface area contributed by atoms with Crippen LogP contribution in [0, 0.1) is 11.3 Å². The van der Waals surface area contributed by atoms with Gasteiger partial charge in [0.1, 0.15) is 12.1 Å². The van der Waals surface area contributed by atoms with Gasteiger partial charge in [-0.25, -0.2) is 14.7 Å². The van der Waals surface area contributed by atoms with E-state index < -0.39 is 12.0 Å². The van der Waals surface area contributed by atoms with Crippen molar-refractivity contribution in [1.29, 1.82) is 0 Å². The maximum Gasteiger partial charge on any atom is 0.414 e. The van der Waals surface area contributed by atoms with Crippen LogP contribution < -0.4 is 4.74 Å². The van der Waals surface area contributed by atoms with Crippen LogP contribution in [-0.4, -0.2) is 44.2 Å². The number of hydrogen-bond acceptors (Lipinski definition) is 4. The third kappa shape index (κ3) is 4.60. The number of imidazole rings is 1. The summed E-state index contributed by atoms with van der Waals surface area (Å²) in [5.74, 6) is 0.487. The van der Waals surface area contributed by atoms with Crippen molar-refractivity contribution in [3.05, 3.63) is 47.1 Å². The van der Waals surface area contributed by atoms with Crippen molar-refractivity contribution in [3.8, 4) is 11.4 Å². The molecule has 3 aliphatic rings. The van der Waals surface area contributed by atoms with E-state index in [0.29, 0.717) is 18.1 Å². The first kappa shape index (κ1) is 23.6. The second-order valence-electron chi connectivity index (χ2n) is 11.2. The molecule has 1 N–H and O–H groups in total. The third-order valence-corrected chi connectivity index (χ3v) is 7.77. The second-order valence-corrected chi connectivity index (χ2v) is 11.2. The molecule has 2 aliphatic heterocycles. The number of imide groups is 1. The summed E-state index contributed by atoms with van der Waals surface area (Å²) in [5.41, 5.74) is 4.51. The monoisotopic (exact) mass is 477 g/mol. The summed E-state index contributed by atoms with van der Waals surface area (Å²) in [7, 11) is 0. The summed E-state index contributed by atoms with van der Waals surface area (Å²) in [4.78, 5) is 30.4. The molecule has 2 amide bonds. The molecule has 2 fully saturated rings. The maximum absolute atomic E-state index is 13.1. The standard InChI is InChI=1S/C28H35N3O4/c1-28(2,3)22-13-14-30(27(33)34)26(32)21(22)16-23-25-11-9-18-15-20(35-19-7-5-4-6-8-19)10-12-24(18)31(25)17-29-23/h10,12,15-17,19,22H,4-9,11,13-14H2,1-3H3,(H,33,34). The zero-order valence-corrected chi connectivity index (χ0v) is 20.9. The predicted molar refractivity (Wildman–Crippen MR) is 134 cm³/mol. The number of carbonyl (C=O) groups excluding carboxylic acids is 1. The van der Waals surface area contributed by atoms with E-state index in [1.54, 1.807) is 0 Å². The number of hydrogen-bond donors (Lipinski definition) is 1. The van der Waals surface area contributed by atoms with E-state index >= 15 is 0 Å². The molecule has 2 aromatic rings. The number of rotatable bonds is 3. The average molecular weight is 478 g/mol. The minimum Gasteiger partial charge on any atom is -0.490 e. The van der Waals surface area contributed by atoms with E-state index in [9.17, 15) is 14.7 Å². The molecule has 5 rings (SSSR count). The van der Waals surface area contributed by atoms with Crippen LogP contribution in [0.5, 0.6) is 5.75 Å². The van der Waals surface area contributed by atoms with Gasteiger partial charge in [-0.15, -0.1) is 0 Å². The van der Waals surface area contributed by atoms with Gasteiger partial charge < -0.3 is 14.4 Å². The molecule has 7 heteroatoms. The topological polar surface area (TPSA) is 84.7 Å². The lowest BCUT2D eigenvalue weighted by molar-refractivity contribution is -0.128. The molecule has 1 aliphatic carbocycles. The van der Waals surface area contributed by atoms with Gasteiger partial charge in [-0.05, 0) is 86.1 Å². The molecular formula is C28H35N3O4. The molecule has 1 unspecified atom stereocenters. The Bertz CT molecular complexity index is 1170. The Morgan fingerprint density at radius 2 is 1.91 bits per heavy atom. The molecule has 3 heterocycles. The summed E-state index contributed by atoms with van der Waals surface area (Å²) in [5, 5.41) is 9.52. The van der Waals surface area contributed by atoms with Gasteiger partial charge in [0, 0.05) is 12.1 Å². The van der Waals surface area contributed by atoms with Crippen LogP contribution in [0.25, 0.3) is 11.8 Å². The first-order valence-electron chi connectivity index (χ1n) is 12.8. The Hall–Kier alpha value is -3.09. The first-order valence-corrected chi connectivity index (χ1v) is 12.8. The van der Waals surface area contributed by atoms with Gasteiger partial charge in [-0.3, -0.25) is 4.79 Å². The summed E-state index contributed by atoms with van der Waals surface area (Å²) in [6.07, 6.45) is 11.1. The van der Waals surface area contributed by atoms with Gasteiger partial charge in [-0.2, -0.15) is 0 Å². The molecule has 0 bridgehead atoms. The Morgan fingerprint density at radius 1 is 1.14 bits per heavy atom. The highest BCUT2D eigenvalue weighted by Crippen LogP contribution is 2.40. The zero-order chi connectivity index (χ0) is 24.7. The van der Waals surface area contributed by atoms with Crippen LogP contribution in [0.1, 0.15) is 76.2 Å². The number of likely N-dealkylation sites (tertiary alicyclic amines) is 1. The molecule has 1 saturated heterocycles. The van der Waals surface area contributed by atoms with E-state index in [1.165, 1.54) is 24.8 Å². The van der Waals surface area contributed by atoms with Gasteiger partial charge >= 0.3 is 6.09 Å². The number of ether oxygens (including phenoxy) is 1. The number of aryl methyl sites for hydroxylation is 1. The highest BCUT2D eigenvalue weighted by molar-refractivity contribution is 6.06. The van der Waals surface area contributed by atoms with Crippen LogP contribution in [0.2, 0.25) is 0 Å². The zero-order valence-electron chi connectivity index (χ0n) is 20.9. The quantitative estimate of drug-likeness (QED) is 0.579. The molecule has 1 aromatic heterocycles. The second kappa shape index (κ2) is 9.17. The minimum atomic E-state index is -1.19. The van der Waals surface area contributed by atoms with E-state index in [2.05, 4.69) is 42.5 Å². The van der Waals surface area contributed by atoms with E-state index in [1.807, 2.05) is 18.5 Å². The molecule has 186 valence electrons. The number of carbonyl (C=O) groups is 2. The highest BCUT2D eigenvalue weighted by atomic mass is 16.5. The Morgan fingerprint density at radius 3 is 2.63 bits per heavy atom. The number of piperidine rings is 1. The van der Waals surface area contributed by atoms with E-state index in [4.69, 9.17) is 4.74 Å². The average Bonchev–Trinajstić information content (AvgIpc) is 3.23. The normalized spacial score (nSPS) is 22.1. The smallest absolute Gasteiger partial charge is 0.414 e. The van der Waals surface area contributed by atoms with Crippen LogP contribution in [-0.2, 0) is 17.6 Å². The van der Waals surface area contributed by atoms with Crippen molar-refractivity contribution in [2.45, 2.75) is 78.2 Å². The number of nitrogens with zero attached hydrogens (tertiary/aromatic N) is 3. The predicted octanol–water partition coefficient (Wildman–Crippen LogP) is 5.64. The number of aromatic nitrogens is 2. The van der Waals surface area contributed by atoms with E-state index in [0.717, 1.165) is 53.4 Å².